The summed E-state index contributed by atoms with van der Waals surface area (Å²) in [5.74, 6) is -0.00319. The van der Waals surface area contributed by atoms with Gasteiger partial charge in [0.05, 0.1) is 12.4 Å². The zero-order valence-corrected chi connectivity index (χ0v) is 12.3. The third kappa shape index (κ3) is 3.12. The number of sulfonamides is 1. The maximum atomic E-state index is 12.3. The van der Waals surface area contributed by atoms with E-state index in [-0.39, 0.29) is 18.4 Å². The van der Waals surface area contributed by atoms with Crippen molar-refractivity contribution in [2.75, 3.05) is 13.2 Å². The molecule has 0 radical (unpaired) electrons. The molecule has 1 aliphatic rings. The highest BCUT2D eigenvalue weighted by molar-refractivity contribution is 9.10. The molecule has 0 aliphatic carbocycles. The van der Waals surface area contributed by atoms with Crippen LogP contribution in [0.4, 0.5) is 0 Å². The Morgan fingerprint density at radius 3 is 2.61 bits per heavy atom. The Balaban J connectivity index is 2.14. The van der Waals surface area contributed by atoms with Crippen LogP contribution in [-0.2, 0) is 15.8 Å². The average Bonchev–Trinajstić information content (AvgIpc) is 2.81. The Hall–Kier alpha value is -0.430. The van der Waals surface area contributed by atoms with Gasteiger partial charge in [-0.3, -0.25) is 0 Å². The van der Waals surface area contributed by atoms with E-state index >= 15 is 0 Å². The fourth-order valence-electron chi connectivity index (χ4n) is 2.23. The number of hydrogen-bond acceptors (Lipinski definition) is 3. The molecule has 1 aromatic rings. The van der Waals surface area contributed by atoms with E-state index in [9.17, 15) is 13.5 Å². The van der Waals surface area contributed by atoms with Crippen molar-refractivity contribution >= 4 is 26.0 Å². The quantitative estimate of drug-likeness (QED) is 0.912. The minimum Gasteiger partial charge on any atom is -0.395 e. The summed E-state index contributed by atoms with van der Waals surface area (Å²) < 4.78 is 26.9. The number of aliphatic hydroxyl groups excluding tert-OH is 1. The predicted octanol–water partition coefficient (Wildman–Crippen LogP) is 1.74. The number of rotatable bonds is 4. The van der Waals surface area contributed by atoms with Crippen molar-refractivity contribution in [1.82, 2.24) is 4.31 Å². The first-order valence-electron chi connectivity index (χ1n) is 5.88. The molecule has 1 saturated heterocycles. The van der Waals surface area contributed by atoms with Gasteiger partial charge in [-0.25, -0.2) is 8.42 Å². The zero-order valence-electron chi connectivity index (χ0n) is 9.92. The van der Waals surface area contributed by atoms with E-state index in [1.54, 1.807) is 12.1 Å². The second-order valence-electron chi connectivity index (χ2n) is 4.47. The lowest BCUT2D eigenvalue weighted by molar-refractivity contribution is 0.213. The van der Waals surface area contributed by atoms with Gasteiger partial charge in [0.25, 0.3) is 0 Å². The second kappa shape index (κ2) is 5.69. The monoisotopic (exact) mass is 333 g/mol. The van der Waals surface area contributed by atoms with Gasteiger partial charge >= 0.3 is 0 Å². The van der Waals surface area contributed by atoms with Crippen LogP contribution in [0.1, 0.15) is 18.4 Å². The third-order valence-corrected chi connectivity index (χ3v) is 5.58. The van der Waals surface area contributed by atoms with Gasteiger partial charge in [-0.1, -0.05) is 28.1 Å². The van der Waals surface area contributed by atoms with Crippen molar-refractivity contribution in [3.63, 3.8) is 0 Å². The molecular weight excluding hydrogens is 318 g/mol. The first-order chi connectivity index (χ1) is 8.53. The van der Waals surface area contributed by atoms with E-state index in [0.717, 1.165) is 22.9 Å². The van der Waals surface area contributed by atoms with Crippen molar-refractivity contribution in [3.05, 3.63) is 34.3 Å². The topological polar surface area (TPSA) is 57.6 Å². The number of nitrogens with zero attached hydrogens (tertiary/aromatic N) is 1. The molecule has 1 heterocycles. The summed E-state index contributed by atoms with van der Waals surface area (Å²) in [7, 11) is -3.33. The Kier molecular flexibility index (Phi) is 4.42. The normalized spacial score (nSPS) is 21.3. The number of halogens is 1. The van der Waals surface area contributed by atoms with Gasteiger partial charge in [0.15, 0.2) is 0 Å². The third-order valence-electron chi connectivity index (χ3n) is 3.15. The van der Waals surface area contributed by atoms with Gasteiger partial charge in [0.1, 0.15) is 0 Å². The van der Waals surface area contributed by atoms with Crippen LogP contribution in [0.25, 0.3) is 0 Å². The summed E-state index contributed by atoms with van der Waals surface area (Å²) in [5.41, 5.74) is 0.766. The Morgan fingerprint density at radius 1 is 1.33 bits per heavy atom. The maximum Gasteiger partial charge on any atom is 0.218 e. The van der Waals surface area contributed by atoms with Crippen molar-refractivity contribution in [3.8, 4) is 0 Å². The molecule has 0 saturated carbocycles. The predicted molar refractivity (Wildman–Crippen MR) is 73.6 cm³/mol. The summed E-state index contributed by atoms with van der Waals surface area (Å²) in [6.45, 7) is 0.420. The highest BCUT2D eigenvalue weighted by Gasteiger charge is 2.33. The standard InChI is InChI=1S/C12H16BrNO3S/c13-11-5-3-10(4-6-11)9-18(16,17)14-7-1-2-12(14)8-15/h3-6,12,15H,1-2,7-9H2. The number of aliphatic hydroxyl groups is 1. The summed E-state index contributed by atoms with van der Waals surface area (Å²) in [6.07, 6.45) is 1.57. The lowest BCUT2D eigenvalue weighted by Gasteiger charge is -2.22. The molecule has 1 fully saturated rings. The molecule has 6 heteroatoms. The summed E-state index contributed by atoms with van der Waals surface area (Å²) in [6, 6.07) is 7.01. The van der Waals surface area contributed by atoms with Crippen LogP contribution in [0, 0.1) is 0 Å². The van der Waals surface area contributed by atoms with E-state index in [1.165, 1.54) is 4.31 Å². The van der Waals surface area contributed by atoms with E-state index < -0.39 is 10.0 Å². The molecular formula is C12H16BrNO3S. The number of benzene rings is 1. The molecule has 1 N–H and O–H groups in total. The molecule has 1 aromatic carbocycles. The van der Waals surface area contributed by atoms with Gasteiger partial charge < -0.3 is 5.11 Å². The first kappa shape index (κ1) is 14.0. The maximum absolute atomic E-state index is 12.3. The fourth-order valence-corrected chi connectivity index (χ4v) is 4.31. The molecule has 1 aliphatic heterocycles. The first-order valence-corrected chi connectivity index (χ1v) is 8.28. The lowest BCUT2D eigenvalue weighted by Crippen LogP contribution is -2.38. The SMILES string of the molecule is O=S(=O)(Cc1ccc(Br)cc1)N1CCCC1CO. The minimum absolute atomic E-state index is 0.00319. The molecule has 0 amide bonds. The van der Waals surface area contributed by atoms with Gasteiger partial charge in [-0.2, -0.15) is 4.31 Å². The molecule has 4 nitrogen and oxygen atoms in total. The molecule has 18 heavy (non-hydrogen) atoms. The highest BCUT2D eigenvalue weighted by atomic mass is 79.9. The van der Waals surface area contributed by atoms with Gasteiger partial charge in [-0.05, 0) is 30.5 Å². The van der Waals surface area contributed by atoms with E-state index in [0.29, 0.717) is 6.54 Å². The lowest BCUT2D eigenvalue weighted by atomic mass is 10.2. The smallest absolute Gasteiger partial charge is 0.218 e. The largest absolute Gasteiger partial charge is 0.395 e. The van der Waals surface area contributed by atoms with Crippen molar-refractivity contribution < 1.29 is 13.5 Å². The Bertz CT molecular complexity index is 501. The van der Waals surface area contributed by atoms with Crippen molar-refractivity contribution in [2.24, 2.45) is 0 Å². The number of hydrogen-bond donors (Lipinski definition) is 1. The Labute approximate surface area is 116 Å². The van der Waals surface area contributed by atoms with Crippen LogP contribution in [0.5, 0.6) is 0 Å². The van der Waals surface area contributed by atoms with E-state index in [2.05, 4.69) is 15.9 Å². The van der Waals surface area contributed by atoms with Crippen LogP contribution in [0.15, 0.2) is 28.7 Å². The van der Waals surface area contributed by atoms with Crippen molar-refractivity contribution in [1.29, 1.82) is 0 Å². The van der Waals surface area contributed by atoms with Crippen LogP contribution in [-0.4, -0.2) is 37.0 Å². The van der Waals surface area contributed by atoms with Gasteiger partial charge in [0, 0.05) is 17.1 Å². The molecule has 0 aromatic heterocycles. The van der Waals surface area contributed by atoms with Crippen LogP contribution in [0.2, 0.25) is 0 Å². The molecule has 100 valence electrons. The van der Waals surface area contributed by atoms with E-state index in [4.69, 9.17) is 0 Å². The van der Waals surface area contributed by atoms with Crippen LogP contribution >= 0.6 is 15.9 Å². The molecule has 2 rings (SSSR count). The molecule has 1 unspecified atom stereocenters. The van der Waals surface area contributed by atoms with Crippen molar-refractivity contribution in [2.45, 2.75) is 24.6 Å². The zero-order chi connectivity index (χ0) is 13.2. The summed E-state index contributed by atoms with van der Waals surface area (Å²) in [5, 5.41) is 9.19. The summed E-state index contributed by atoms with van der Waals surface area (Å²) >= 11 is 3.32. The van der Waals surface area contributed by atoms with Crippen LogP contribution in [0.3, 0.4) is 0 Å². The van der Waals surface area contributed by atoms with Gasteiger partial charge in [-0.15, -0.1) is 0 Å². The van der Waals surface area contributed by atoms with Gasteiger partial charge in [0.2, 0.25) is 10.0 Å². The second-order valence-corrected chi connectivity index (χ2v) is 7.31. The summed E-state index contributed by atoms with van der Waals surface area (Å²) in [4.78, 5) is 0. The molecule has 1 atom stereocenters. The fraction of sp³-hybridized carbons (Fsp3) is 0.500. The highest BCUT2D eigenvalue weighted by Crippen LogP contribution is 2.23. The minimum atomic E-state index is -3.33. The average molecular weight is 334 g/mol. The van der Waals surface area contributed by atoms with Crippen LogP contribution < -0.4 is 0 Å². The Morgan fingerprint density at radius 2 is 2.00 bits per heavy atom. The molecule has 0 spiro atoms. The van der Waals surface area contributed by atoms with E-state index in [1.807, 2.05) is 12.1 Å². The molecule has 0 bridgehead atoms.